The van der Waals surface area contributed by atoms with Crippen LogP contribution in [-0.4, -0.2) is 108 Å². The normalized spacial score (nSPS) is 11.7. The van der Waals surface area contributed by atoms with Crippen molar-refractivity contribution in [3.63, 3.8) is 0 Å². The molecule has 0 aliphatic rings. The zero-order valence-electron chi connectivity index (χ0n) is 49.9. The van der Waals surface area contributed by atoms with Gasteiger partial charge in [0.25, 0.3) is 0 Å². The fourth-order valence-corrected chi connectivity index (χ4v) is 8.54. The van der Waals surface area contributed by atoms with Crippen molar-refractivity contribution in [1.82, 2.24) is 31.1 Å². The number of nitrogens with two attached hydrogens (primary N) is 2. The molecule has 474 valence electrons. The van der Waals surface area contributed by atoms with Gasteiger partial charge in [0.05, 0.1) is 0 Å². The van der Waals surface area contributed by atoms with Gasteiger partial charge in [0.1, 0.15) is 51.7 Å². The first-order valence-corrected chi connectivity index (χ1v) is 29.4. The second-order valence-corrected chi connectivity index (χ2v) is 20.2. The SMILES string of the molecule is N/C(=N\C(=O)OCc1ccccc1)N(CCCC(NC(=O)OCc1ccccc1)C(=O)NCCCCCCNC(=O)C(CCCN(C(=O)OCc1ccccc1)/C(N)=N/C(=O)OCc1ccccc1)NC(=O)OCc1ccccc1)C(=O)OCc1ccccc1. The number of hydrogen-bond donors (Lipinski definition) is 6. The highest BCUT2D eigenvalue weighted by Gasteiger charge is 2.27. The average molecular weight is 1230 g/mol. The van der Waals surface area contributed by atoms with Crippen molar-refractivity contribution in [2.75, 3.05) is 26.2 Å². The third kappa shape index (κ3) is 26.5. The molecule has 0 aliphatic heterocycles. The minimum absolute atomic E-state index is 0.0192. The molecule has 24 heteroatoms. The zero-order valence-corrected chi connectivity index (χ0v) is 49.9. The molecule has 0 radical (unpaired) electrons. The number of carbonyl (C=O) groups excluding carboxylic acids is 8. The number of aliphatic imine (C=N–C) groups is 2. The minimum Gasteiger partial charge on any atom is -0.445 e. The number of rotatable bonds is 31. The molecule has 0 saturated carbocycles. The number of hydrogen-bond acceptors (Lipinski definition) is 14. The van der Waals surface area contributed by atoms with Crippen molar-refractivity contribution in [3.8, 4) is 0 Å². The summed E-state index contributed by atoms with van der Waals surface area (Å²) in [6.07, 6.45) is -3.33. The van der Waals surface area contributed by atoms with Crippen LogP contribution in [0.25, 0.3) is 0 Å². The van der Waals surface area contributed by atoms with Crippen LogP contribution in [0.1, 0.15) is 84.7 Å². The number of alkyl carbamates (subject to hydrolysis) is 2. The highest BCUT2D eigenvalue weighted by molar-refractivity contribution is 5.99. The van der Waals surface area contributed by atoms with Crippen molar-refractivity contribution < 1.29 is 66.8 Å². The maximum Gasteiger partial charge on any atom is 0.437 e. The standard InChI is InChI=1S/C66H76N10O14/c67-59(73-63(81)87-45-51-29-13-5-14-30-51)75(65(83)89-47-53-33-17-7-18-34-53)41-23-37-55(71-61(79)85-43-49-25-9-3-10-26-49)57(77)69-39-21-1-2-22-40-70-58(78)56(72-62(80)86-44-50-27-11-4-12-28-50)38-24-42-76(66(84)90-48-54-35-19-8-20-36-54)60(68)74-64(82)88-46-52-31-15-6-16-32-52/h3-20,25-36,55-56H,1-2,21-24,37-48H2,(H,69,77)(H,70,78)(H,71,79)(H,72,80)(H2,67,73,81)(H2,68,74,82). The minimum atomic E-state index is -1.15. The Kier molecular flexibility index (Phi) is 29.7. The molecule has 0 aromatic heterocycles. The molecule has 0 saturated heterocycles. The molecule has 90 heavy (non-hydrogen) atoms. The number of guanidine groups is 2. The number of carbonyl (C=O) groups is 8. The Labute approximate surface area is 522 Å². The van der Waals surface area contributed by atoms with Crippen LogP contribution in [0.3, 0.4) is 0 Å². The van der Waals surface area contributed by atoms with Gasteiger partial charge in [-0.05, 0) is 71.9 Å². The van der Waals surface area contributed by atoms with Crippen LogP contribution in [-0.2, 0) is 77.7 Å². The topological polar surface area (TPSA) is 323 Å². The second-order valence-electron chi connectivity index (χ2n) is 20.2. The van der Waals surface area contributed by atoms with Crippen LogP contribution in [0.4, 0.5) is 28.8 Å². The average Bonchev–Trinajstić information content (AvgIpc) is 3.52. The Morgan fingerprint density at radius 3 is 0.911 bits per heavy atom. The van der Waals surface area contributed by atoms with Gasteiger partial charge in [-0.2, -0.15) is 0 Å². The van der Waals surface area contributed by atoms with Crippen LogP contribution in [0, 0.1) is 0 Å². The third-order valence-corrected chi connectivity index (χ3v) is 13.3. The summed E-state index contributed by atoms with van der Waals surface area (Å²) >= 11 is 0. The van der Waals surface area contributed by atoms with E-state index in [2.05, 4.69) is 31.3 Å². The Morgan fingerprint density at radius 1 is 0.356 bits per heavy atom. The second kappa shape index (κ2) is 39.1. The molecular weight excluding hydrogens is 1160 g/mol. The lowest BCUT2D eigenvalue weighted by Crippen LogP contribution is -2.48. The van der Waals surface area contributed by atoms with Crippen LogP contribution in [0.5, 0.6) is 0 Å². The van der Waals surface area contributed by atoms with Crippen molar-refractivity contribution >= 4 is 60.3 Å². The van der Waals surface area contributed by atoms with E-state index < -0.39 is 72.4 Å². The van der Waals surface area contributed by atoms with Crippen LogP contribution < -0.4 is 32.7 Å². The lowest BCUT2D eigenvalue weighted by atomic mass is 10.1. The summed E-state index contributed by atoms with van der Waals surface area (Å²) in [5.74, 6) is -2.09. The molecule has 0 bridgehead atoms. The van der Waals surface area contributed by atoms with Gasteiger partial charge in [-0.15, -0.1) is 9.98 Å². The van der Waals surface area contributed by atoms with Gasteiger partial charge in [-0.3, -0.25) is 9.59 Å². The summed E-state index contributed by atoms with van der Waals surface area (Å²) < 4.78 is 32.4. The van der Waals surface area contributed by atoms with Gasteiger partial charge < -0.3 is 61.2 Å². The highest BCUT2D eigenvalue weighted by Crippen LogP contribution is 2.13. The van der Waals surface area contributed by atoms with E-state index in [4.69, 9.17) is 39.9 Å². The summed E-state index contributed by atoms with van der Waals surface area (Å²) in [5.41, 5.74) is 16.7. The molecule has 0 heterocycles. The number of benzene rings is 6. The molecule has 0 fully saturated rings. The van der Waals surface area contributed by atoms with Crippen molar-refractivity contribution in [1.29, 1.82) is 0 Å². The number of amides is 8. The Morgan fingerprint density at radius 2 is 0.622 bits per heavy atom. The molecule has 6 rings (SSSR count). The predicted octanol–water partition coefficient (Wildman–Crippen LogP) is 9.51. The molecule has 0 aliphatic carbocycles. The first kappa shape index (κ1) is 68.3. The lowest BCUT2D eigenvalue weighted by molar-refractivity contribution is -0.124. The van der Waals surface area contributed by atoms with Crippen molar-refractivity contribution in [3.05, 3.63) is 215 Å². The van der Waals surface area contributed by atoms with Crippen molar-refractivity contribution in [2.45, 2.75) is 103 Å². The summed E-state index contributed by atoms with van der Waals surface area (Å²) in [4.78, 5) is 116. The number of nitrogens with one attached hydrogen (secondary N) is 4. The van der Waals surface area contributed by atoms with Crippen LogP contribution in [0.2, 0.25) is 0 Å². The van der Waals surface area contributed by atoms with Crippen LogP contribution >= 0.6 is 0 Å². The molecule has 6 aromatic rings. The molecule has 8 amide bonds. The first-order chi connectivity index (χ1) is 43.8. The fraction of sp³-hybridized carbons (Fsp3) is 0.303. The third-order valence-electron chi connectivity index (χ3n) is 13.3. The highest BCUT2D eigenvalue weighted by atomic mass is 16.6. The van der Waals surface area contributed by atoms with Gasteiger partial charge in [0, 0.05) is 26.2 Å². The van der Waals surface area contributed by atoms with E-state index in [-0.39, 0.29) is 91.5 Å². The summed E-state index contributed by atoms with van der Waals surface area (Å²) in [5, 5.41) is 11.0. The van der Waals surface area contributed by atoms with Gasteiger partial charge in [0.2, 0.25) is 23.7 Å². The van der Waals surface area contributed by atoms with E-state index >= 15 is 0 Å². The quantitative estimate of drug-likeness (QED) is 0.0102. The molecule has 24 nitrogen and oxygen atoms in total. The van der Waals surface area contributed by atoms with E-state index in [1.807, 2.05) is 36.4 Å². The van der Waals surface area contributed by atoms with Crippen LogP contribution in [0.15, 0.2) is 192 Å². The molecular formula is C66H76N10O14. The van der Waals surface area contributed by atoms with E-state index in [1.165, 1.54) is 0 Å². The first-order valence-electron chi connectivity index (χ1n) is 29.4. The maximum atomic E-state index is 13.8. The molecule has 2 unspecified atom stereocenters. The van der Waals surface area contributed by atoms with Crippen molar-refractivity contribution in [2.24, 2.45) is 21.5 Å². The lowest BCUT2D eigenvalue weighted by Gasteiger charge is -2.23. The number of nitrogens with zero attached hydrogens (tertiary/aromatic N) is 4. The number of ether oxygens (including phenoxy) is 6. The van der Waals surface area contributed by atoms with E-state index in [1.54, 1.807) is 146 Å². The van der Waals surface area contributed by atoms with Gasteiger partial charge in [-0.25, -0.2) is 38.6 Å². The zero-order chi connectivity index (χ0) is 64.0. The molecule has 0 spiro atoms. The Bertz CT molecular complexity index is 3030. The Hall–Kier alpha value is -10.8. The monoisotopic (exact) mass is 1230 g/mol. The fourth-order valence-electron chi connectivity index (χ4n) is 8.54. The Balaban J connectivity index is 1.02. The molecule has 6 aromatic carbocycles. The largest absolute Gasteiger partial charge is 0.445 e. The van der Waals surface area contributed by atoms with E-state index in [0.717, 1.165) is 20.9 Å². The number of unbranched alkanes of at least 4 members (excludes halogenated alkanes) is 3. The maximum absolute atomic E-state index is 13.8. The van der Waals surface area contributed by atoms with Gasteiger partial charge >= 0.3 is 36.6 Å². The molecule has 8 N–H and O–H groups in total. The van der Waals surface area contributed by atoms with E-state index in [9.17, 15) is 38.4 Å². The smallest absolute Gasteiger partial charge is 0.437 e. The molecule has 2 atom stereocenters. The van der Waals surface area contributed by atoms with E-state index in [0.29, 0.717) is 47.9 Å². The predicted molar refractivity (Wildman–Crippen MR) is 333 cm³/mol. The summed E-state index contributed by atoms with van der Waals surface area (Å²) in [6, 6.07) is 51.2. The van der Waals surface area contributed by atoms with Gasteiger partial charge in [0.15, 0.2) is 0 Å². The summed E-state index contributed by atoms with van der Waals surface area (Å²) in [7, 11) is 0. The summed E-state index contributed by atoms with van der Waals surface area (Å²) in [6.45, 7) is -0.506. The van der Waals surface area contributed by atoms with Gasteiger partial charge in [-0.1, -0.05) is 195 Å².